The van der Waals surface area contributed by atoms with Gasteiger partial charge in [0.1, 0.15) is 23.4 Å². The third-order valence-corrected chi connectivity index (χ3v) is 3.09. The second kappa shape index (κ2) is 6.95. The van der Waals surface area contributed by atoms with Gasteiger partial charge < -0.3 is 19.3 Å². The molecule has 1 aromatic carbocycles. The number of ether oxygens (including phenoxy) is 3. The van der Waals surface area contributed by atoms with Crippen molar-refractivity contribution in [3.8, 4) is 17.2 Å². The number of aliphatic hydroxyl groups is 1. The second-order valence-corrected chi connectivity index (χ2v) is 4.40. The van der Waals surface area contributed by atoms with Crippen molar-refractivity contribution < 1.29 is 19.3 Å². The van der Waals surface area contributed by atoms with Crippen molar-refractivity contribution in [3.05, 3.63) is 47.8 Å². The largest absolute Gasteiger partial charge is 0.497 e. The van der Waals surface area contributed by atoms with Crippen molar-refractivity contribution in [2.75, 3.05) is 20.8 Å². The number of pyridine rings is 1. The Hall–Kier alpha value is -2.27. The number of methoxy groups -OCH3 is 2. The van der Waals surface area contributed by atoms with E-state index in [-0.39, 0.29) is 0 Å². The van der Waals surface area contributed by atoms with Gasteiger partial charge in [-0.2, -0.15) is 0 Å². The van der Waals surface area contributed by atoms with Crippen LogP contribution >= 0.6 is 0 Å². The Balaban J connectivity index is 2.38. The van der Waals surface area contributed by atoms with Crippen LogP contribution in [0.1, 0.15) is 24.2 Å². The first-order valence-electron chi connectivity index (χ1n) is 6.67. The summed E-state index contributed by atoms with van der Waals surface area (Å²) < 4.78 is 15.9. The van der Waals surface area contributed by atoms with E-state index in [4.69, 9.17) is 14.2 Å². The number of rotatable bonds is 6. The molecule has 1 aromatic heterocycles. The lowest BCUT2D eigenvalue weighted by molar-refractivity contribution is 0.213. The average Bonchev–Trinajstić information content (AvgIpc) is 2.54. The van der Waals surface area contributed by atoms with E-state index < -0.39 is 6.10 Å². The highest BCUT2D eigenvalue weighted by molar-refractivity contribution is 5.45. The molecule has 0 spiro atoms. The van der Waals surface area contributed by atoms with E-state index >= 15 is 0 Å². The Labute approximate surface area is 124 Å². The third kappa shape index (κ3) is 3.44. The Morgan fingerprint density at radius 1 is 1.10 bits per heavy atom. The van der Waals surface area contributed by atoms with Gasteiger partial charge in [-0.1, -0.05) is 0 Å². The van der Waals surface area contributed by atoms with Crippen molar-refractivity contribution in [3.63, 3.8) is 0 Å². The smallest absolute Gasteiger partial charge is 0.137 e. The summed E-state index contributed by atoms with van der Waals surface area (Å²) in [7, 11) is 3.14. The van der Waals surface area contributed by atoms with Crippen molar-refractivity contribution in [2.24, 2.45) is 0 Å². The van der Waals surface area contributed by atoms with Crippen LogP contribution in [-0.4, -0.2) is 30.9 Å². The maximum Gasteiger partial charge on any atom is 0.137 e. The van der Waals surface area contributed by atoms with Gasteiger partial charge in [0.2, 0.25) is 0 Å². The molecule has 112 valence electrons. The highest BCUT2D eigenvalue weighted by atomic mass is 16.5. The molecule has 0 aliphatic heterocycles. The lowest BCUT2D eigenvalue weighted by atomic mass is 10.0. The van der Waals surface area contributed by atoms with Gasteiger partial charge >= 0.3 is 0 Å². The summed E-state index contributed by atoms with van der Waals surface area (Å²) in [5.74, 6) is 1.86. The van der Waals surface area contributed by atoms with Crippen LogP contribution in [0.3, 0.4) is 0 Å². The van der Waals surface area contributed by atoms with E-state index in [1.54, 1.807) is 50.9 Å². The molecule has 1 unspecified atom stereocenters. The monoisotopic (exact) mass is 289 g/mol. The van der Waals surface area contributed by atoms with Crippen molar-refractivity contribution in [2.45, 2.75) is 13.0 Å². The third-order valence-electron chi connectivity index (χ3n) is 3.09. The number of nitrogens with zero attached hydrogens (tertiary/aromatic N) is 1. The molecule has 1 atom stereocenters. The van der Waals surface area contributed by atoms with Crippen LogP contribution in [0.25, 0.3) is 0 Å². The molecule has 0 aliphatic carbocycles. The highest BCUT2D eigenvalue weighted by Gasteiger charge is 2.17. The molecule has 0 amide bonds. The van der Waals surface area contributed by atoms with E-state index in [2.05, 4.69) is 4.98 Å². The normalized spacial score (nSPS) is 11.8. The van der Waals surface area contributed by atoms with Crippen LogP contribution in [0, 0.1) is 0 Å². The minimum atomic E-state index is -0.872. The van der Waals surface area contributed by atoms with Crippen molar-refractivity contribution >= 4 is 0 Å². The number of benzene rings is 1. The molecule has 0 saturated carbocycles. The lowest BCUT2D eigenvalue weighted by Gasteiger charge is -2.16. The molecule has 21 heavy (non-hydrogen) atoms. The van der Waals surface area contributed by atoms with Gasteiger partial charge in [-0.3, -0.25) is 4.98 Å². The van der Waals surface area contributed by atoms with E-state index in [0.29, 0.717) is 35.0 Å². The molecular formula is C16H19NO4. The minimum absolute atomic E-state index is 0.545. The van der Waals surface area contributed by atoms with Gasteiger partial charge in [-0.25, -0.2) is 0 Å². The summed E-state index contributed by atoms with van der Waals surface area (Å²) in [6.07, 6.45) is 2.34. The fourth-order valence-electron chi connectivity index (χ4n) is 2.06. The van der Waals surface area contributed by atoms with Crippen LogP contribution in [0.2, 0.25) is 0 Å². The Morgan fingerprint density at radius 3 is 2.57 bits per heavy atom. The summed E-state index contributed by atoms with van der Waals surface area (Å²) in [4.78, 5) is 4.09. The Kier molecular flexibility index (Phi) is 5.00. The highest BCUT2D eigenvalue weighted by Crippen LogP contribution is 2.33. The van der Waals surface area contributed by atoms with Crippen LogP contribution < -0.4 is 14.2 Å². The first-order valence-corrected chi connectivity index (χ1v) is 6.67. The van der Waals surface area contributed by atoms with Gasteiger partial charge in [0, 0.05) is 17.3 Å². The van der Waals surface area contributed by atoms with Gasteiger partial charge in [0.05, 0.1) is 27.0 Å². The summed E-state index contributed by atoms with van der Waals surface area (Å²) in [6, 6.07) is 7.05. The summed E-state index contributed by atoms with van der Waals surface area (Å²) in [5, 5.41) is 10.6. The van der Waals surface area contributed by atoms with Crippen LogP contribution in [0.4, 0.5) is 0 Å². The summed E-state index contributed by atoms with van der Waals surface area (Å²) in [5.41, 5.74) is 1.25. The van der Waals surface area contributed by atoms with Crippen LogP contribution in [0.15, 0.2) is 36.7 Å². The molecular weight excluding hydrogens is 270 g/mol. The molecule has 0 aliphatic rings. The molecule has 2 rings (SSSR count). The second-order valence-electron chi connectivity index (χ2n) is 4.40. The fourth-order valence-corrected chi connectivity index (χ4v) is 2.06. The zero-order valence-corrected chi connectivity index (χ0v) is 12.4. The standard InChI is InChI=1S/C16H19NO4/c1-4-21-13-7-11(9-17-10-13)16(18)14-8-12(19-2)5-6-15(14)20-3/h5-10,16,18H,4H2,1-3H3. The fraction of sp³-hybridized carbons (Fsp3) is 0.312. The van der Waals surface area contributed by atoms with E-state index in [1.165, 1.54) is 0 Å². The first kappa shape index (κ1) is 15.1. The SMILES string of the molecule is CCOc1cncc(C(O)c2cc(OC)ccc2OC)c1. The Bertz CT molecular complexity index is 601. The number of hydrogen-bond donors (Lipinski definition) is 1. The molecule has 0 saturated heterocycles. The molecule has 1 N–H and O–H groups in total. The number of hydrogen-bond acceptors (Lipinski definition) is 5. The van der Waals surface area contributed by atoms with Gasteiger partial charge in [0.25, 0.3) is 0 Å². The van der Waals surface area contributed by atoms with Gasteiger partial charge in [0.15, 0.2) is 0 Å². The molecule has 5 heteroatoms. The average molecular weight is 289 g/mol. The summed E-state index contributed by atoms with van der Waals surface area (Å²) in [6.45, 7) is 2.44. The van der Waals surface area contributed by atoms with Crippen LogP contribution in [-0.2, 0) is 0 Å². The quantitative estimate of drug-likeness (QED) is 0.885. The maximum absolute atomic E-state index is 10.6. The molecule has 0 fully saturated rings. The predicted molar refractivity (Wildman–Crippen MR) is 79.0 cm³/mol. The van der Waals surface area contributed by atoms with Gasteiger partial charge in [-0.05, 0) is 31.2 Å². The lowest BCUT2D eigenvalue weighted by Crippen LogP contribution is -2.04. The zero-order chi connectivity index (χ0) is 15.2. The Morgan fingerprint density at radius 2 is 1.90 bits per heavy atom. The van der Waals surface area contributed by atoms with Crippen molar-refractivity contribution in [1.82, 2.24) is 4.98 Å². The molecule has 1 heterocycles. The number of aliphatic hydroxyl groups excluding tert-OH is 1. The van der Waals surface area contributed by atoms with E-state index in [9.17, 15) is 5.11 Å². The van der Waals surface area contributed by atoms with Crippen LogP contribution in [0.5, 0.6) is 17.2 Å². The molecule has 0 radical (unpaired) electrons. The van der Waals surface area contributed by atoms with E-state index in [0.717, 1.165) is 0 Å². The topological polar surface area (TPSA) is 60.8 Å². The summed E-state index contributed by atoms with van der Waals surface area (Å²) >= 11 is 0. The first-order chi connectivity index (χ1) is 10.2. The minimum Gasteiger partial charge on any atom is -0.497 e. The zero-order valence-electron chi connectivity index (χ0n) is 12.4. The number of aromatic nitrogens is 1. The molecule has 2 aromatic rings. The van der Waals surface area contributed by atoms with Crippen molar-refractivity contribution in [1.29, 1.82) is 0 Å². The van der Waals surface area contributed by atoms with Gasteiger partial charge in [-0.15, -0.1) is 0 Å². The molecule has 0 bridgehead atoms. The molecule has 5 nitrogen and oxygen atoms in total. The predicted octanol–water partition coefficient (Wildman–Crippen LogP) is 2.58. The maximum atomic E-state index is 10.6. The van der Waals surface area contributed by atoms with E-state index in [1.807, 2.05) is 6.92 Å².